The SMILES string of the molecule is CCCc1nc(N)cc(NCCn2ccnn2)n1. The minimum absolute atomic E-state index is 0.497. The van der Waals surface area contributed by atoms with Gasteiger partial charge >= 0.3 is 0 Å². The van der Waals surface area contributed by atoms with Crippen LogP contribution in [0.3, 0.4) is 0 Å². The van der Waals surface area contributed by atoms with Crippen molar-refractivity contribution in [2.45, 2.75) is 26.3 Å². The van der Waals surface area contributed by atoms with Crippen molar-refractivity contribution in [2.24, 2.45) is 0 Å². The summed E-state index contributed by atoms with van der Waals surface area (Å²) in [4.78, 5) is 8.58. The van der Waals surface area contributed by atoms with Gasteiger partial charge in [0.05, 0.1) is 12.7 Å². The minimum Gasteiger partial charge on any atom is -0.384 e. The molecule has 0 saturated carbocycles. The number of hydrogen-bond acceptors (Lipinski definition) is 6. The molecule has 0 bridgehead atoms. The van der Waals surface area contributed by atoms with Gasteiger partial charge in [0.25, 0.3) is 0 Å². The Morgan fingerprint density at radius 1 is 1.39 bits per heavy atom. The van der Waals surface area contributed by atoms with Gasteiger partial charge in [0.1, 0.15) is 17.5 Å². The molecule has 0 saturated heterocycles. The molecule has 0 aliphatic carbocycles. The number of nitrogen functional groups attached to an aromatic ring is 1. The van der Waals surface area contributed by atoms with E-state index in [1.165, 1.54) is 0 Å². The van der Waals surface area contributed by atoms with Gasteiger partial charge in [-0.2, -0.15) is 0 Å². The van der Waals surface area contributed by atoms with Crippen LogP contribution >= 0.6 is 0 Å². The lowest BCUT2D eigenvalue weighted by Crippen LogP contribution is -2.13. The van der Waals surface area contributed by atoms with E-state index in [0.29, 0.717) is 12.4 Å². The van der Waals surface area contributed by atoms with Crippen LogP contribution < -0.4 is 11.1 Å². The van der Waals surface area contributed by atoms with Gasteiger partial charge in [-0.3, -0.25) is 4.68 Å². The fourth-order valence-corrected chi connectivity index (χ4v) is 1.59. The lowest BCUT2D eigenvalue weighted by molar-refractivity contribution is 0.608. The quantitative estimate of drug-likeness (QED) is 0.781. The molecule has 2 rings (SSSR count). The van der Waals surface area contributed by atoms with Crippen molar-refractivity contribution in [1.82, 2.24) is 25.0 Å². The first-order chi connectivity index (χ1) is 8.78. The molecule has 0 aromatic carbocycles. The maximum atomic E-state index is 5.74. The molecule has 2 aromatic rings. The average molecular weight is 247 g/mol. The standard InChI is InChI=1S/C11H17N7/c1-2-3-10-15-9(12)8-11(16-10)13-4-6-18-7-5-14-17-18/h5,7-8H,2-4,6H2,1H3,(H3,12,13,15,16). The Morgan fingerprint density at radius 2 is 2.28 bits per heavy atom. The fourth-order valence-electron chi connectivity index (χ4n) is 1.59. The highest BCUT2D eigenvalue weighted by molar-refractivity contribution is 5.44. The summed E-state index contributed by atoms with van der Waals surface area (Å²) < 4.78 is 1.75. The van der Waals surface area contributed by atoms with Crippen molar-refractivity contribution in [2.75, 3.05) is 17.6 Å². The summed E-state index contributed by atoms with van der Waals surface area (Å²) in [5.74, 6) is 2.03. The van der Waals surface area contributed by atoms with Gasteiger partial charge in [0.15, 0.2) is 0 Å². The number of rotatable bonds is 6. The van der Waals surface area contributed by atoms with E-state index in [4.69, 9.17) is 5.73 Å². The van der Waals surface area contributed by atoms with E-state index in [0.717, 1.165) is 31.0 Å². The zero-order valence-electron chi connectivity index (χ0n) is 10.4. The second-order valence-corrected chi connectivity index (χ2v) is 3.94. The average Bonchev–Trinajstić information content (AvgIpc) is 2.82. The fraction of sp³-hybridized carbons (Fsp3) is 0.455. The molecule has 0 aliphatic heterocycles. The van der Waals surface area contributed by atoms with Crippen molar-refractivity contribution in [1.29, 1.82) is 0 Å². The lowest BCUT2D eigenvalue weighted by atomic mass is 10.3. The Balaban J connectivity index is 1.92. The van der Waals surface area contributed by atoms with E-state index in [1.54, 1.807) is 16.9 Å². The van der Waals surface area contributed by atoms with Crippen LogP contribution in [-0.2, 0) is 13.0 Å². The Bertz CT molecular complexity index is 480. The molecule has 0 spiro atoms. The molecule has 0 radical (unpaired) electrons. The highest BCUT2D eigenvalue weighted by Gasteiger charge is 2.01. The summed E-state index contributed by atoms with van der Waals surface area (Å²) in [5, 5.41) is 10.8. The van der Waals surface area contributed by atoms with Crippen molar-refractivity contribution in [3.8, 4) is 0 Å². The third kappa shape index (κ3) is 3.41. The van der Waals surface area contributed by atoms with Gasteiger partial charge < -0.3 is 11.1 Å². The van der Waals surface area contributed by atoms with Crippen molar-refractivity contribution < 1.29 is 0 Å². The molecular formula is C11H17N7. The second-order valence-electron chi connectivity index (χ2n) is 3.94. The summed E-state index contributed by atoms with van der Waals surface area (Å²) in [6.07, 6.45) is 5.31. The number of nitrogens with one attached hydrogen (secondary N) is 1. The Kier molecular flexibility index (Phi) is 4.06. The number of nitrogens with zero attached hydrogens (tertiary/aromatic N) is 5. The van der Waals surface area contributed by atoms with E-state index >= 15 is 0 Å². The predicted molar refractivity (Wildman–Crippen MR) is 69.0 cm³/mol. The molecular weight excluding hydrogens is 230 g/mol. The van der Waals surface area contributed by atoms with Crippen LogP contribution in [0.2, 0.25) is 0 Å². The van der Waals surface area contributed by atoms with Crippen LogP contribution in [0.1, 0.15) is 19.2 Å². The van der Waals surface area contributed by atoms with Crippen LogP contribution in [0.25, 0.3) is 0 Å². The molecule has 2 heterocycles. The monoisotopic (exact) mass is 247 g/mol. The summed E-state index contributed by atoms with van der Waals surface area (Å²) in [6, 6.07) is 1.74. The van der Waals surface area contributed by atoms with E-state index in [-0.39, 0.29) is 0 Å². The summed E-state index contributed by atoms with van der Waals surface area (Å²) in [6.45, 7) is 3.53. The topological polar surface area (TPSA) is 94.5 Å². The number of hydrogen-bond donors (Lipinski definition) is 2. The molecule has 3 N–H and O–H groups in total. The highest BCUT2D eigenvalue weighted by atomic mass is 15.4. The number of anilines is 2. The van der Waals surface area contributed by atoms with Crippen LogP contribution in [-0.4, -0.2) is 31.5 Å². The Hall–Kier alpha value is -2.18. The molecule has 0 unspecified atom stereocenters. The third-order valence-electron chi connectivity index (χ3n) is 2.38. The normalized spacial score (nSPS) is 10.5. The first-order valence-corrected chi connectivity index (χ1v) is 5.99. The lowest BCUT2D eigenvalue weighted by Gasteiger charge is -2.07. The van der Waals surface area contributed by atoms with Crippen LogP contribution in [0, 0.1) is 0 Å². The number of aryl methyl sites for hydroxylation is 1. The first kappa shape index (κ1) is 12.3. The van der Waals surface area contributed by atoms with Crippen LogP contribution in [0.15, 0.2) is 18.5 Å². The molecule has 0 fully saturated rings. The van der Waals surface area contributed by atoms with Crippen LogP contribution in [0.5, 0.6) is 0 Å². The minimum atomic E-state index is 0.497. The van der Waals surface area contributed by atoms with Gasteiger partial charge in [-0.05, 0) is 6.42 Å². The zero-order chi connectivity index (χ0) is 12.8. The van der Waals surface area contributed by atoms with Crippen molar-refractivity contribution >= 4 is 11.6 Å². The molecule has 7 heteroatoms. The summed E-state index contributed by atoms with van der Waals surface area (Å²) in [5.41, 5.74) is 5.74. The van der Waals surface area contributed by atoms with Gasteiger partial charge in [-0.1, -0.05) is 12.1 Å². The first-order valence-electron chi connectivity index (χ1n) is 5.99. The summed E-state index contributed by atoms with van der Waals surface area (Å²) in [7, 11) is 0. The van der Waals surface area contributed by atoms with Crippen LogP contribution in [0.4, 0.5) is 11.6 Å². The van der Waals surface area contributed by atoms with Gasteiger partial charge in [0, 0.05) is 25.2 Å². The molecule has 0 atom stereocenters. The van der Waals surface area contributed by atoms with Crippen molar-refractivity contribution in [3.63, 3.8) is 0 Å². The molecule has 2 aromatic heterocycles. The molecule has 96 valence electrons. The maximum Gasteiger partial charge on any atom is 0.133 e. The van der Waals surface area contributed by atoms with E-state index in [2.05, 4.69) is 32.5 Å². The highest BCUT2D eigenvalue weighted by Crippen LogP contribution is 2.09. The van der Waals surface area contributed by atoms with Gasteiger partial charge in [0.2, 0.25) is 0 Å². The predicted octanol–water partition coefficient (Wildman–Crippen LogP) is 0.715. The molecule has 0 aliphatic rings. The van der Waals surface area contributed by atoms with Gasteiger partial charge in [-0.15, -0.1) is 5.10 Å². The van der Waals surface area contributed by atoms with E-state index < -0.39 is 0 Å². The smallest absolute Gasteiger partial charge is 0.133 e. The Morgan fingerprint density at radius 3 is 3.00 bits per heavy atom. The summed E-state index contributed by atoms with van der Waals surface area (Å²) >= 11 is 0. The largest absolute Gasteiger partial charge is 0.384 e. The Labute approximate surface area is 105 Å². The number of aromatic nitrogens is 5. The van der Waals surface area contributed by atoms with E-state index in [1.807, 2.05) is 6.20 Å². The number of nitrogens with two attached hydrogens (primary N) is 1. The van der Waals surface area contributed by atoms with Crippen molar-refractivity contribution in [3.05, 3.63) is 24.3 Å². The van der Waals surface area contributed by atoms with E-state index in [9.17, 15) is 0 Å². The maximum absolute atomic E-state index is 5.74. The third-order valence-corrected chi connectivity index (χ3v) is 2.38. The molecule has 0 amide bonds. The second kappa shape index (κ2) is 5.95. The molecule has 18 heavy (non-hydrogen) atoms. The zero-order valence-corrected chi connectivity index (χ0v) is 10.4. The molecule has 7 nitrogen and oxygen atoms in total. The van der Waals surface area contributed by atoms with Gasteiger partial charge in [-0.25, -0.2) is 9.97 Å².